The van der Waals surface area contributed by atoms with Crippen LogP contribution < -0.4 is 10.1 Å². The monoisotopic (exact) mass is 700 g/mol. The van der Waals surface area contributed by atoms with Gasteiger partial charge in [0, 0.05) is 40.8 Å². The van der Waals surface area contributed by atoms with Gasteiger partial charge in [-0.25, -0.2) is 23.7 Å². The second-order valence-electron chi connectivity index (χ2n) is 9.31. The summed E-state index contributed by atoms with van der Waals surface area (Å²) in [5.74, 6) is 1.86. The van der Waals surface area contributed by atoms with E-state index in [1.165, 1.54) is 33.9 Å². The second kappa shape index (κ2) is 12.6. The Morgan fingerprint density at radius 3 is 2.83 bits per heavy atom. The summed E-state index contributed by atoms with van der Waals surface area (Å²) >= 11 is 1.98. The molecule has 0 radical (unpaired) electrons. The minimum Gasteiger partial charge on any atom is -0.491 e. The van der Waals surface area contributed by atoms with Crippen LogP contribution in [0.1, 0.15) is 11.1 Å². The number of anilines is 2. The fourth-order valence-corrected chi connectivity index (χ4v) is 5.12. The molecule has 1 saturated heterocycles. The molecule has 1 aliphatic rings. The van der Waals surface area contributed by atoms with Crippen molar-refractivity contribution in [3.8, 4) is 39.8 Å². The highest BCUT2D eigenvalue weighted by Crippen LogP contribution is 2.34. The molecule has 3 N–H and O–H groups in total. The average Bonchev–Trinajstić information content (AvgIpc) is 3.64. The first-order chi connectivity index (χ1) is 20.5. The summed E-state index contributed by atoms with van der Waals surface area (Å²) in [6.07, 6.45) is 2.91. The summed E-state index contributed by atoms with van der Waals surface area (Å²) in [4.78, 5) is 19.0. The maximum Gasteiger partial charge on any atom is 0.179 e. The van der Waals surface area contributed by atoms with Gasteiger partial charge in [0.1, 0.15) is 11.5 Å². The lowest BCUT2D eigenvalue weighted by Crippen LogP contribution is -2.35. The topological polar surface area (TPSA) is 117 Å². The number of ether oxygens (including phenoxy) is 2. The Hall–Kier alpha value is -3.78. The van der Waals surface area contributed by atoms with Crippen molar-refractivity contribution in [2.45, 2.75) is 6.54 Å². The first-order valence-corrected chi connectivity index (χ1v) is 16.2. The molecule has 14 heteroatoms. The number of hydrogen-bond donors (Lipinski definition) is 3. The normalized spacial score (nSPS) is 13.6. The van der Waals surface area contributed by atoms with Gasteiger partial charge in [0.2, 0.25) is 0 Å². The van der Waals surface area contributed by atoms with E-state index in [1.54, 1.807) is 6.20 Å². The van der Waals surface area contributed by atoms with Crippen LogP contribution in [-0.4, -0.2) is 68.4 Å². The van der Waals surface area contributed by atoms with Gasteiger partial charge < -0.3 is 19.8 Å². The zero-order valence-corrected chi connectivity index (χ0v) is 25.1. The number of hydrogen-bond acceptors (Lipinski definition) is 9. The molecule has 1 fully saturated rings. The summed E-state index contributed by atoms with van der Waals surface area (Å²) in [5.41, 5.74) is 3.59. The van der Waals surface area contributed by atoms with Crippen molar-refractivity contribution in [2.75, 3.05) is 38.7 Å². The lowest BCUT2D eigenvalue weighted by atomic mass is 10.1. The van der Waals surface area contributed by atoms with Crippen LogP contribution in [0.3, 0.4) is 0 Å². The van der Waals surface area contributed by atoms with Crippen molar-refractivity contribution < 1.29 is 18.3 Å². The third-order valence-electron chi connectivity index (χ3n) is 6.70. The van der Waals surface area contributed by atoms with Gasteiger partial charge in [0.25, 0.3) is 0 Å². The minimum absolute atomic E-state index is 0.0413. The lowest BCUT2D eigenvalue weighted by Gasteiger charge is -2.26. The number of morpholine rings is 1. The van der Waals surface area contributed by atoms with Gasteiger partial charge in [-0.2, -0.15) is 5.10 Å². The molecule has 42 heavy (non-hydrogen) atoms. The van der Waals surface area contributed by atoms with E-state index >= 15 is 4.39 Å². The number of methoxy groups -OCH3 is 1. The van der Waals surface area contributed by atoms with E-state index in [0.29, 0.717) is 17.2 Å². The van der Waals surface area contributed by atoms with Crippen molar-refractivity contribution in [3.63, 3.8) is 0 Å². The van der Waals surface area contributed by atoms with Crippen LogP contribution in [0.15, 0.2) is 42.7 Å². The van der Waals surface area contributed by atoms with E-state index in [-0.39, 0.29) is 28.5 Å². The first-order valence-electron chi connectivity index (χ1n) is 12.8. The number of imidazole rings is 1. The highest BCUT2D eigenvalue weighted by atomic mass is 127. The molecular weight excluding hydrogens is 677 g/mol. The predicted molar refractivity (Wildman–Crippen MR) is 165 cm³/mol. The van der Waals surface area contributed by atoms with Crippen molar-refractivity contribution in [3.05, 3.63) is 65.5 Å². The summed E-state index contributed by atoms with van der Waals surface area (Å²) in [7, 11) is 2.65. The lowest BCUT2D eigenvalue weighted by molar-refractivity contribution is 0.0342. The number of rotatable bonds is 7. The van der Waals surface area contributed by atoms with Crippen LogP contribution in [0.25, 0.3) is 33.9 Å². The van der Waals surface area contributed by atoms with Crippen LogP contribution in [0.4, 0.5) is 20.3 Å². The van der Waals surface area contributed by atoms with Gasteiger partial charge in [-0.05, 0) is 44.0 Å². The number of benzene rings is 2. The molecule has 0 amide bonds. The average molecular weight is 701 g/mol. The number of nitrogens with one attached hydrogen (secondary N) is 3. The molecule has 0 saturated carbocycles. The second-order valence-corrected chi connectivity index (χ2v) is 11.0. The maximum absolute atomic E-state index is 15.3. The molecule has 4 heterocycles. The molecule has 0 atom stereocenters. The number of H-pyrrole nitrogens is 2. The molecule has 10 nitrogen and oxygen atoms in total. The van der Waals surface area contributed by atoms with Crippen LogP contribution >= 0.6 is 30.1 Å². The standard InChI is InChI=1S/C28H23F2IN8O2S/c1-40-22-14-32-27(23-18(29)4-3-17(24(23)30)6-11-42-31)37-26(22)36-21-13-33-38-25(21)28-34-19-5-2-16(12-20(19)35-28)15-39-7-9-41-10-8-39/h2-5,12-14H,7-10,15H2,1H3,(H,33,38)(H,34,35)(H,32,36,37). The van der Waals surface area contributed by atoms with E-state index in [0.717, 1.165) is 49.9 Å². The Kier molecular flexibility index (Phi) is 8.51. The van der Waals surface area contributed by atoms with Crippen LogP contribution in [0.5, 0.6) is 5.75 Å². The van der Waals surface area contributed by atoms with Crippen LogP contribution in [0.2, 0.25) is 0 Å². The summed E-state index contributed by atoms with van der Waals surface area (Å²) < 4.78 is 40.9. The Labute approximate surface area is 255 Å². The van der Waals surface area contributed by atoms with E-state index in [2.05, 4.69) is 58.7 Å². The van der Waals surface area contributed by atoms with Crippen LogP contribution in [-0.2, 0) is 11.3 Å². The van der Waals surface area contributed by atoms with Gasteiger partial charge in [-0.1, -0.05) is 12.0 Å². The predicted octanol–water partition coefficient (Wildman–Crippen LogP) is 5.66. The molecule has 0 aliphatic carbocycles. The smallest absolute Gasteiger partial charge is 0.179 e. The van der Waals surface area contributed by atoms with E-state index in [4.69, 9.17) is 14.5 Å². The highest BCUT2D eigenvalue weighted by molar-refractivity contribution is 14.2. The molecule has 0 unspecified atom stereocenters. The van der Waals surface area contributed by atoms with Crippen molar-refractivity contribution in [1.82, 2.24) is 35.0 Å². The largest absolute Gasteiger partial charge is 0.491 e. The summed E-state index contributed by atoms with van der Waals surface area (Å²) in [6, 6.07) is 8.57. The number of nitrogens with zero attached hydrogens (tertiary/aromatic N) is 5. The third-order valence-corrected chi connectivity index (χ3v) is 7.54. The summed E-state index contributed by atoms with van der Waals surface area (Å²) in [5, 5.41) is 13.0. The van der Waals surface area contributed by atoms with Gasteiger partial charge in [0.05, 0.1) is 60.6 Å². The quantitative estimate of drug-likeness (QED) is 0.146. The van der Waals surface area contributed by atoms with Gasteiger partial charge >= 0.3 is 0 Å². The Morgan fingerprint density at radius 2 is 2.02 bits per heavy atom. The van der Waals surface area contributed by atoms with E-state index < -0.39 is 11.6 Å². The zero-order valence-electron chi connectivity index (χ0n) is 22.2. The van der Waals surface area contributed by atoms with E-state index in [9.17, 15) is 4.39 Å². The molecule has 1 aliphatic heterocycles. The maximum atomic E-state index is 15.3. The molecule has 6 rings (SSSR count). The van der Waals surface area contributed by atoms with Crippen molar-refractivity contribution >= 4 is 52.7 Å². The molecule has 0 bridgehead atoms. The third kappa shape index (κ3) is 5.91. The molecular formula is C28H23F2IN8O2S. The van der Waals surface area contributed by atoms with E-state index in [1.807, 2.05) is 27.3 Å². The Balaban J connectivity index is 1.31. The molecule has 214 valence electrons. The number of fused-ring (bicyclic) bond motifs is 1. The first kappa shape index (κ1) is 28.3. The van der Waals surface area contributed by atoms with Crippen molar-refractivity contribution in [1.29, 1.82) is 0 Å². The highest BCUT2D eigenvalue weighted by Gasteiger charge is 2.21. The number of aromatic amines is 2. The number of aromatic nitrogens is 6. The Bertz CT molecular complexity index is 1810. The molecule has 3 aromatic heterocycles. The molecule has 2 aromatic carbocycles. The fraction of sp³-hybridized carbons (Fsp3) is 0.214. The minimum atomic E-state index is -0.844. The molecule has 5 aromatic rings. The van der Waals surface area contributed by atoms with Gasteiger partial charge in [0.15, 0.2) is 29.0 Å². The molecule has 0 spiro atoms. The fourth-order valence-electron chi connectivity index (χ4n) is 4.64. The summed E-state index contributed by atoms with van der Waals surface area (Å²) in [6.45, 7) is 4.12. The SMILES string of the molecule is COc1cnc(-c2c(F)ccc(C#CSI)c2F)nc1Nc1cn[nH]c1-c1nc2ccc(CN3CCOCC3)cc2[nH]1. The number of halogens is 3. The van der Waals surface area contributed by atoms with Gasteiger partial charge in [-0.3, -0.25) is 10.00 Å². The zero-order chi connectivity index (χ0) is 29.1. The Morgan fingerprint density at radius 1 is 1.17 bits per heavy atom. The van der Waals surface area contributed by atoms with Gasteiger partial charge in [-0.15, -0.1) is 0 Å². The van der Waals surface area contributed by atoms with Crippen molar-refractivity contribution in [2.24, 2.45) is 0 Å². The van der Waals surface area contributed by atoms with Crippen LogP contribution in [0, 0.1) is 22.8 Å².